The zero-order valence-electron chi connectivity index (χ0n) is 47.5. The van der Waals surface area contributed by atoms with Crippen molar-refractivity contribution in [1.82, 2.24) is 0 Å². The van der Waals surface area contributed by atoms with Gasteiger partial charge in [-0.3, -0.25) is 14.4 Å². The number of hydrogen-bond donors (Lipinski definition) is 0. The largest absolute Gasteiger partial charge is 0.462 e. The van der Waals surface area contributed by atoms with Crippen LogP contribution in [0.25, 0.3) is 0 Å². The number of carbonyl (C=O) groups is 3. The van der Waals surface area contributed by atoms with Crippen molar-refractivity contribution in [3.05, 3.63) is 182 Å². The predicted molar refractivity (Wildman–Crippen MR) is 324 cm³/mol. The van der Waals surface area contributed by atoms with E-state index in [-0.39, 0.29) is 44.0 Å². The average molecular weight is 1030 g/mol. The molecule has 0 fully saturated rings. The number of hydrogen-bond acceptors (Lipinski definition) is 6. The first-order valence-electron chi connectivity index (χ1n) is 29.3. The second kappa shape index (κ2) is 61.1. The van der Waals surface area contributed by atoms with Gasteiger partial charge in [-0.25, -0.2) is 0 Å². The molecule has 0 saturated carbocycles. The summed E-state index contributed by atoms with van der Waals surface area (Å²) in [6.07, 6.45) is 91.7. The summed E-state index contributed by atoms with van der Waals surface area (Å²) in [5, 5.41) is 0. The molecular weight excluding hydrogens is 925 g/mol. The number of carbonyl (C=O) groups excluding carboxylic acids is 3. The van der Waals surface area contributed by atoms with Gasteiger partial charge in [0.15, 0.2) is 6.10 Å². The number of esters is 3. The number of unbranched alkanes of at least 4 members (excludes halogenated alkanes) is 9. The fourth-order valence-electron chi connectivity index (χ4n) is 7.11. The van der Waals surface area contributed by atoms with Crippen molar-refractivity contribution in [3.63, 3.8) is 0 Å². The summed E-state index contributed by atoms with van der Waals surface area (Å²) >= 11 is 0. The van der Waals surface area contributed by atoms with Gasteiger partial charge in [0.25, 0.3) is 0 Å². The van der Waals surface area contributed by atoms with Crippen molar-refractivity contribution in [2.45, 2.75) is 219 Å². The highest BCUT2D eigenvalue weighted by Crippen LogP contribution is 2.11. The molecule has 0 radical (unpaired) electrons. The van der Waals surface area contributed by atoms with E-state index in [2.05, 4.69) is 203 Å². The van der Waals surface area contributed by atoms with Crippen LogP contribution < -0.4 is 0 Å². The smallest absolute Gasteiger partial charge is 0.306 e. The van der Waals surface area contributed by atoms with Gasteiger partial charge in [0, 0.05) is 19.3 Å². The zero-order valence-corrected chi connectivity index (χ0v) is 47.5. The molecule has 6 nitrogen and oxygen atoms in total. The lowest BCUT2D eigenvalue weighted by molar-refractivity contribution is -0.167. The molecule has 0 rings (SSSR count). The quantitative estimate of drug-likeness (QED) is 0.0261. The summed E-state index contributed by atoms with van der Waals surface area (Å²) in [6.45, 7) is 6.19. The van der Waals surface area contributed by atoms with Crippen LogP contribution in [-0.4, -0.2) is 37.2 Å². The number of ether oxygens (including phenoxy) is 3. The standard InChI is InChI=1S/C69H104O6/c1-4-7-10-13-16-19-22-25-28-30-32-33-34-35-37-38-41-44-47-50-53-56-59-62-68(71)74-65-66(64-73-67(70)61-58-55-52-49-46-43-40-27-24-21-18-15-12-9-6-3)75-69(72)63-60-57-54-51-48-45-42-39-36-31-29-26-23-20-17-14-11-8-5-2/h7-12,16-21,25-29,32-33,35-37,39-41,44-46,48-49,66H,4-6,13-15,22-24,30-31,34,38,42-43,47,50-65H2,1-3H3/b10-7-,11-8-,12-9-,19-16-,20-17-,21-18-,28-25-,29-26-,33-32-,37-35-,39-36-,40-27-,44-41-,48-45-,49-46-. The average Bonchev–Trinajstić information content (AvgIpc) is 3.41. The van der Waals surface area contributed by atoms with Crippen LogP contribution in [0.15, 0.2) is 182 Å². The lowest BCUT2D eigenvalue weighted by atomic mass is 10.1. The molecule has 75 heavy (non-hydrogen) atoms. The molecule has 0 bridgehead atoms. The summed E-state index contributed by atoms with van der Waals surface area (Å²) in [7, 11) is 0. The van der Waals surface area contributed by atoms with E-state index in [1.165, 1.54) is 0 Å². The van der Waals surface area contributed by atoms with Crippen molar-refractivity contribution in [2.24, 2.45) is 0 Å². The fraction of sp³-hybridized carbons (Fsp3) is 0.522. The third kappa shape index (κ3) is 59.3. The van der Waals surface area contributed by atoms with Gasteiger partial charge in [0.2, 0.25) is 0 Å². The van der Waals surface area contributed by atoms with Gasteiger partial charge < -0.3 is 14.2 Å². The Morgan fingerprint density at radius 3 is 0.773 bits per heavy atom. The van der Waals surface area contributed by atoms with Gasteiger partial charge in [-0.15, -0.1) is 0 Å². The SMILES string of the molecule is CC/C=C\C/C=C\C/C=C\C/C=C\C/C=C\C/C=C\CCCCCCC(=O)OCC(COC(=O)CCCC/C=C\C/C=C\C/C=C\C/C=C\CC)OC(=O)CCCCC/C=C\C/C=C\C/C=C\C/C=C\C/C=C\CC. The highest BCUT2D eigenvalue weighted by atomic mass is 16.6. The minimum atomic E-state index is -0.836. The Morgan fingerprint density at radius 2 is 0.480 bits per heavy atom. The first-order chi connectivity index (χ1) is 37.0. The van der Waals surface area contributed by atoms with Gasteiger partial charge in [0.1, 0.15) is 13.2 Å². The van der Waals surface area contributed by atoms with Crippen molar-refractivity contribution in [3.8, 4) is 0 Å². The van der Waals surface area contributed by atoms with E-state index in [1.54, 1.807) is 0 Å². The Bertz CT molecular complexity index is 1800. The summed E-state index contributed by atoms with van der Waals surface area (Å²) in [5.74, 6) is -1.04. The van der Waals surface area contributed by atoms with Gasteiger partial charge in [-0.1, -0.05) is 222 Å². The third-order valence-electron chi connectivity index (χ3n) is 11.4. The zero-order chi connectivity index (χ0) is 54.3. The van der Waals surface area contributed by atoms with E-state index >= 15 is 0 Å². The normalized spacial score (nSPS) is 13.5. The maximum absolute atomic E-state index is 12.9. The minimum absolute atomic E-state index is 0.129. The van der Waals surface area contributed by atoms with E-state index in [0.717, 1.165) is 161 Å². The highest BCUT2D eigenvalue weighted by molar-refractivity contribution is 5.71. The molecular formula is C69H104O6. The molecule has 0 aromatic heterocycles. The molecule has 6 heteroatoms. The Balaban J connectivity index is 4.59. The van der Waals surface area contributed by atoms with E-state index in [1.807, 2.05) is 0 Å². The fourth-order valence-corrected chi connectivity index (χ4v) is 7.11. The third-order valence-corrected chi connectivity index (χ3v) is 11.4. The first-order valence-corrected chi connectivity index (χ1v) is 29.3. The van der Waals surface area contributed by atoms with Crippen LogP contribution in [0.3, 0.4) is 0 Å². The molecule has 0 aliphatic rings. The van der Waals surface area contributed by atoms with Crippen LogP contribution in [0, 0.1) is 0 Å². The van der Waals surface area contributed by atoms with Crippen molar-refractivity contribution < 1.29 is 28.6 Å². The minimum Gasteiger partial charge on any atom is -0.462 e. The monoisotopic (exact) mass is 1030 g/mol. The first kappa shape index (κ1) is 69.5. The van der Waals surface area contributed by atoms with Crippen LogP contribution in [0.2, 0.25) is 0 Å². The van der Waals surface area contributed by atoms with Crippen LogP contribution in [-0.2, 0) is 28.6 Å². The summed E-state index contributed by atoms with van der Waals surface area (Å²) in [6, 6.07) is 0. The van der Waals surface area contributed by atoms with Crippen LogP contribution in [0.1, 0.15) is 213 Å². The molecule has 0 amide bonds. The number of rotatable bonds is 50. The van der Waals surface area contributed by atoms with E-state index in [4.69, 9.17) is 14.2 Å². The molecule has 0 saturated heterocycles. The Labute approximate surface area is 459 Å². The van der Waals surface area contributed by atoms with Crippen molar-refractivity contribution in [2.75, 3.05) is 13.2 Å². The lowest BCUT2D eigenvalue weighted by Gasteiger charge is -2.18. The molecule has 0 aromatic rings. The summed E-state index contributed by atoms with van der Waals surface area (Å²) in [4.78, 5) is 38.2. The lowest BCUT2D eigenvalue weighted by Crippen LogP contribution is -2.30. The Hall–Kier alpha value is -5.49. The van der Waals surface area contributed by atoms with Crippen LogP contribution >= 0.6 is 0 Å². The predicted octanol–water partition coefficient (Wildman–Crippen LogP) is 20.1. The molecule has 0 spiro atoms. The van der Waals surface area contributed by atoms with Crippen LogP contribution in [0.5, 0.6) is 0 Å². The number of allylic oxidation sites excluding steroid dienone is 30. The summed E-state index contributed by atoms with van der Waals surface area (Å²) < 4.78 is 16.8. The molecule has 0 heterocycles. The maximum atomic E-state index is 12.9. The van der Waals surface area contributed by atoms with Gasteiger partial charge in [-0.05, 0) is 154 Å². The molecule has 0 aliphatic carbocycles. The summed E-state index contributed by atoms with van der Waals surface area (Å²) in [5.41, 5.74) is 0. The second-order valence-corrected chi connectivity index (χ2v) is 18.4. The van der Waals surface area contributed by atoms with E-state index in [0.29, 0.717) is 19.3 Å². The van der Waals surface area contributed by atoms with Gasteiger partial charge in [0.05, 0.1) is 0 Å². The van der Waals surface area contributed by atoms with Gasteiger partial charge in [-0.2, -0.15) is 0 Å². The maximum Gasteiger partial charge on any atom is 0.306 e. The molecule has 1 atom stereocenters. The molecule has 0 aromatic carbocycles. The van der Waals surface area contributed by atoms with Crippen molar-refractivity contribution in [1.29, 1.82) is 0 Å². The molecule has 0 N–H and O–H groups in total. The highest BCUT2D eigenvalue weighted by Gasteiger charge is 2.19. The van der Waals surface area contributed by atoms with Crippen LogP contribution in [0.4, 0.5) is 0 Å². The Kier molecular flexibility index (Phi) is 56.6. The second-order valence-electron chi connectivity index (χ2n) is 18.4. The topological polar surface area (TPSA) is 78.9 Å². The molecule has 1 unspecified atom stereocenters. The molecule has 416 valence electrons. The van der Waals surface area contributed by atoms with Gasteiger partial charge >= 0.3 is 17.9 Å². The van der Waals surface area contributed by atoms with E-state index < -0.39 is 6.10 Å². The van der Waals surface area contributed by atoms with E-state index in [9.17, 15) is 14.4 Å². The Morgan fingerprint density at radius 1 is 0.267 bits per heavy atom. The molecule has 0 aliphatic heterocycles. The van der Waals surface area contributed by atoms with Crippen molar-refractivity contribution >= 4 is 17.9 Å².